The van der Waals surface area contributed by atoms with Gasteiger partial charge in [0, 0.05) is 18.8 Å². The van der Waals surface area contributed by atoms with Gasteiger partial charge in [0.25, 0.3) is 0 Å². The molecule has 1 aromatic carbocycles. The van der Waals surface area contributed by atoms with Crippen molar-refractivity contribution in [3.63, 3.8) is 0 Å². The van der Waals surface area contributed by atoms with Gasteiger partial charge in [-0.05, 0) is 23.8 Å². The molecule has 1 aromatic heterocycles. The summed E-state index contributed by atoms with van der Waals surface area (Å²) in [6.45, 7) is 1.07. The molecular weight excluding hydrogens is 290 g/mol. The van der Waals surface area contributed by atoms with Gasteiger partial charge >= 0.3 is 0 Å². The van der Waals surface area contributed by atoms with Crippen LogP contribution in [0, 0.1) is 0 Å². The van der Waals surface area contributed by atoms with Crippen molar-refractivity contribution in [1.29, 1.82) is 0 Å². The third kappa shape index (κ3) is 4.96. The lowest BCUT2D eigenvalue weighted by molar-refractivity contribution is -0.116. The Balaban J connectivity index is 1.76. The number of hydrogen-bond donors (Lipinski definition) is 1. The maximum absolute atomic E-state index is 11.7. The normalized spacial score (nSPS) is 10.8. The molecule has 0 aliphatic carbocycles. The second-order valence-electron chi connectivity index (χ2n) is 4.32. The second kappa shape index (κ2) is 7.50. The maximum Gasteiger partial charge on any atom is 0.244 e. The van der Waals surface area contributed by atoms with Crippen LogP contribution in [0.1, 0.15) is 5.56 Å². The molecule has 1 amide bonds. The van der Waals surface area contributed by atoms with Crippen LogP contribution in [0.4, 0.5) is 0 Å². The fourth-order valence-electron chi connectivity index (χ4n) is 1.70. The predicted octanol–water partition coefficient (Wildman–Crippen LogP) is 2.37. The van der Waals surface area contributed by atoms with Gasteiger partial charge in [0.05, 0.1) is 24.9 Å². The number of amides is 1. The summed E-state index contributed by atoms with van der Waals surface area (Å²) in [5, 5.41) is 7.39. The number of carbonyl (C=O) groups excluding carboxylic acids is 1. The molecule has 0 aliphatic rings. The molecule has 0 aliphatic heterocycles. The van der Waals surface area contributed by atoms with Crippen LogP contribution in [-0.4, -0.2) is 29.3 Å². The number of halogens is 1. The zero-order valence-corrected chi connectivity index (χ0v) is 12.4. The van der Waals surface area contributed by atoms with Crippen LogP contribution in [-0.2, 0) is 11.3 Å². The van der Waals surface area contributed by atoms with Crippen LogP contribution in [0.15, 0.2) is 42.7 Å². The number of methoxy groups -OCH3 is 1. The quantitative estimate of drug-likeness (QED) is 0.834. The van der Waals surface area contributed by atoms with Gasteiger partial charge in [0.2, 0.25) is 5.91 Å². The lowest BCUT2D eigenvalue weighted by Gasteiger charge is -2.02. The van der Waals surface area contributed by atoms with E-state index in [0.717, 1.165) is 11.3 Å². The average Bonchev–Trinajstić information content (AvgIpc) is 2.91. The van der Waals surface area contributed by atoms with E-state index in [9.17, 15) is 4.79 Å². The number of ether oxygens (including phenoxy) is 1. The van der Waals surface area contributed by atoms with Crippen molar-refractivity contribution in [2.24, 2.45) is 0 Å². The van der Waals surface area contributed by atoms with E-state index in [1.165, 1.54) is 6.08 Å². The zero-order valence-electron chi connectivity index (χ0n) is 11.6. The summed E-state index contributed by atoms with van der Waals surface area (Å²) < 4.78 is 6.75. The fourth-order valence-corrected chi connectivity index (χ4v) is 1.86. The Morgan fingerprint density at radius 3 is 2.81 bits per heavy atom. The van der Waals surface area contributed by atoms with Crippen molar-refractivity contribution in [1.82, 2.24) is 15.1 Å². The summed E-state index contributed by atoms with van der Waals surface area (Å²) in [5.41, 5.74) is 0.935. The van der Waals surface area contributed by atoms with Crippen molar-refractivity contribution >= 4 is 23.6 Å². The summed E-state index contributed by atoms with van der Waals surface area (Å²) in [7, 11) is 1.62. The van der Waals surface area contributed by atoms with E-state index in [1.807, 2.05) is 24.3 Å². The van der Waals surface area contributed by atoms with Gasteiger partial charge in [-0.25, -0.2) is 0 Å². The van der Waals surface area contributed by atoms with E-state index in [2.05, 4.69) is 10.4 Å². The maximum atomic E-state index is 11.7. The van der Waals surface area contributed by atoms with E-state index >= 15 is 0 Å². The SMILES string of the molecule is COc1ccc(/C=C/C(=O)NCCn2cc(Cl)cn2)cc1. The van der Waals surface area contributed by atoms with Gasteiger partial charge in [0.15, 0.2) is 0 Å². The molecule has 110 valence electrons. The summed E-state index contributed by atoms with van der Waals surface area (Å²) >= 11 is 5.75. The molecule has 0 fully saturated rings. The third-order valence-electron chi connectivity index (χ3n) is 2.78. The first-order chi connectivity index (χ1) is 10.2. The minimum Gasteiger partial charge on any atom is -0.497 e. The Labute approximate surface area is 128 Å². The largest absolute Gasteiger partial charge is 0.497 e. The molecule has 0 saturated carbocycles. The Kier molecular flexibility index (Phi) is 5.40. The number of rotatable bonds is 6. The topological polar surface area (TPSA) is 56.1 Å². The summed E-state index contributed by atoms with van der Waals surface area (Å²) in [6, 6.07) is 7.46. The summed E-state index contributed by atoms with van der Waals surface area (Å²) in [6.07, 6.45) is 6.52. The Morgan fingerprint density at radius 2 is 2.19 bits per heavy atom. The first-order valence-electron chi connectivity index (χ1n) is 6.45. The molecular formula is C15H16ClN3O2. The van der Waals surface area contributed by atoms with Crippen LogP contribution >= 0.6 is 11.6 Å². The highest BCUT2D eigenvalue weighted by molar-refractivity contribution is 6.30. The Morgan fingerprint density at radius 1 is 1.43 bits per heavy atom. The molecule has 0 radical (unpaired) electrons. The number of benzene rings is 1. The lowest BCUT2D eigenvalue weighted by atomic mass is 10.2. The van der Waals surface area contributed by atoms with E-state index in [0.29, 0.717) is 18.1 Å². The van der Waals surface area contributed by atoms with Crippen molar-refractivity contribution in [2.45, 2.75) is 6.54 Å². The number of nitrogens with zero attached hydrogens (tertiary/aromatic N) is 2. The van der Waals surface area contributed by atoms with E-state index in [-0.39, 0.29) is 5.91 Å². The molecule has 0 saturated heterocycles. The number of hydrogen-bond acceptors (Lipinski definition) is 3. The van der Waals surface area contributed by atoms with Gasteiger partial charge < -0.3 is 10.1 Å². The molecule has 1 heterocycles. The number of aromatic nitrogens is 2. The first-order valence-corrected chi connectivity index (χ1v) is 6.83. The highest BCUT2D eigenvalue weighted by Crippen LogP contribution is 2.12. The van der Waals surface area contributed by atoms with E-state index in [4.69, 9.17) is 16.3 Å². The van der Waals surface area contributed by atoms with Gasteiger partial charge in [0.1, 0.15) is 5.75 Å². The fraction of sp³-hybridized carbons (Fsp3) is 0.200. The van der Waals surface area contributed by atoms with Crippen LogP contribution in [0.5, 0.6) is 5.75 Å². The average molecular weight is 306 g/mol. The van der Waals surface area contributed by atoms with Crippen LogP contribution in [0.25, 0.3) is 6.08 Å². The standard InChI is InChI=1S/C15H16ClN3O2/c1-21-14-5-2-12(3-6-14)4-7-15(20)17-8-9-19-11-13(16)10-18-19/h2-7,10-11H,8-9H2,1H3,(H,17,20)/b7-4+. The second-order valence-corrected chi connectivity index (χ2v) is 4.76. The van der Waals surface area contributed by atoms with Crippen molar-refractivity contribution in [3.8, 4) is 5.75 Å². The van der Waals surface area contributed by atoms with Gasteiger partial charge in [-0.3, -0.25) is 9.48 Å². The monoisotopic (exact) mass is 305 g/mol. The molecule has 0 spiro atoms. The van der Waals surface area contributed by atoms with Crippen LogP contribution in [0.2, 0.25) is 5.02 Å². The van der Waals surface area contributed by atoms with E-state index < -0.39 is 0 Å². The zero-order chi connectivity index (χ0) is 15.1. The molecule has 21 heavy (non-hydrogen) atoms. The smallest absolute Gasteiger partial charge is 0.244 e. The van der Waals surface area contributed by atoms with E-state index in [1.54, 1.807) is 30.3 Å². The van der Waals surface area contributed by atoms with Crippen LogP contribution in [0.3, 0.4) is 0 Å². The molecule has 5 nitrogen and oxygen atoms in total. The molecule has 0 atom stereocenters. The minimum absolute atomic E-state index is 0.149. The molecule has 2 rings (SSSR count). The third-order valence-corrected chi connectivity index (χ3v) is 2.98. The van der Waals surface area contributed by atoms with Crippen LogP contribution < -0.4 is 10.1 Å². The van der Waals surface area contributed by atoms with Gasteiger partial charge in [-0.2, -0.15) is 5.10 Å². The summed E-state index contributed by atoms with van der Waals surface area (Å²) in [4.78, 5) is 11.7. The highest BCUT2D eigenvalue weighted by Gasteiger charge is 1.98. The molecule has 1 N–H and O–H groups in total. The van der Waals surface area contributed by atoms with Gasteiger partial charge in [-0.15, -0.1) is 0 Å². The Bertz CT molecular complexity index is 620. The number of carbonyl (C=O) groups is 1. The predicted molar refractivity (Wildman–Crippen MR) is 82.3 cm³/mol. The van der Waals surface area contributed by atoms with Gasteiger partial charge in [-0.1, -0.05) is 23.7 Å². The summed E-state index contributed by atoms with van der Waals surface area (Å²) in [5.74, 6) is 0.638. The minimum atomic E-state index is -0.149. The van der Waals surface area contributed by atoms with Crippen molar-refractivity contribution < 1.29 is 9.53 Å². The molecule has 6 heteroatoms. The first kappa shape index (κ1) is 15.1. The Hall–Kier alpha value is -2.27. The molecule has 2 aromatic rings. The molecule has 0 bridgehead atoms. The highest BCUT2D eigenvalue weighted by atomic mass is 35.5. The number of nitrogens with one attached hydrogen (secondary N) is 1. The van der Waals surface area contributed by atoms with Crippen molar-refractivity contribution in [2.75, 3.05) is 13.7 Å². The van der Waals surface area contributed by atoms with Crippen molar-refractivity contribution in [3.05, 3.63) is 53.3 Å². The molecule has 0 unspecified atom stereocenters. The lowest BCUT2D eigenvalue weighted by Crippen LogP contribution is -2.25.